The van der Waals surface area contributed by atoms with Gasteiger partial charge in [-0.1, -0.05) is 54.6 Å². The molecule has 1 aliphatic rings. The molecule has 0 radical (unpaired) electrons. The van der Waals surface area contributed by atoms with E-state index < -0.39 is 24.0 Å². The molecule has 3 aromatic rings. The molecule has 2 amide bonds. The van der Waals surface area contributed by atoms with E-state index in [-0.39, 0.29) is 36.9 Å². The molecule has 1 heterocycles. The predicted octanol–water partition coefficient (Wildman–Crippen LogP) is 3.47. The van der Waals surface area contributed by atoms with Crippen molar-refractivity contribution in [3.8, 4) is 11.1 Å². The Morgan fingerprint density at radius 1 is 1.12 bits per heavy atom. The van der Waals surface area contributed by atoms with Gasteiger partial charge in [-0.2, -0.15) is 0 Å². The van der Waals surface area contributed by atoms with Crippen LogP contribution in [0, 0.1) is 0 Å². The summed E-state index contributed by atoms with van der Waals surface area (Å²) in [6.07, 6.45) is 1.81. The number of alkyl carbamates (subject to hydrolysis) is 1. The number of amides is 2. The van der Waals surface area contributed by atoms with E-state index in [1.165, 1.54) is 6.08 Å². The van der Waals surface area contributed by atoms with E-state index in [0.29, 0.717) is 0 Å². The van der Waals surface area contributed by atoms with Crippen LogP contribution in [-0.2, 0) is 16.1 Å². The van der Waals surface area contributed by atoms with E-state index >= 15 is 0 Å². The monoisotopic (exact) mass is 461 g/mol. The van der Waals surface area contributed by atoms with Crippen LogP contribution < -0.4 is 10.6 Å². The second-order valence-electron chi connectivity index (χ2n) is 7.69. The van der Waals surface area contributed by atoms with Gasteiger partial charge in [0.25, 0.3) is 5.91 Å². The lowest BCUT2D eigenvalue weighted by Gasteiger charge is -2.14. The Morgan fingerprint density at radius 2 is 1.76 bits per heavy atom. The molecule has 0 saturated heterocycles. The zero-order valence-electron chi connectivity index (χ0n) is 18.2. The highest BCUT2D eigenvalue weighted by Gasteiger charge is 2.29. The van der Waals surface area contributed by atoms with Crippen molar-refractivity contribution < 1.29 is 28.6 Å². The first kappa shape index (κ1) is 22.8. The molecule has 3 N–H and O–H groups in total. The summed E-state index contributed by atoms with van der Waals surface area (Å²) in [7, 11) is 0. The van der Waals surface area contributed by atoms with Crippen LogP contribution in [0.2, 0.25) is 0 Å². The summed E-state index contributed by atoms with van der Waals surface area (Å²) < 4.78 is 10.7. The SMILES string of the molecule is C=CCC(NC(=O)c1ncoc1CNC(=O)OCC1c2ccccc2-c2ccccc21)C(=O)O. The van der Waals surface area contributed by atoms with E-state index in [9.17, 15) is 19.5 Å². The van der Waals surface area contributed by atoms with Crippen molar-refractivity contribution in [2.24, 2.45) is 0 Å². The van der Waals surface area contributed by atoms with Gasteiger partial charge in [0.05, 0.1) is 6.54 Å². The minimum atomic E-state index is -1.20. The number of fused-ring (bicyclic) bond motifs is 3. The Labute approximate surface area is 195 Å². The quantitative estimate of drug-likeness (QED) is 0.416. The van der Waals surface area contributed by atoms with Crippen molar-refractivity contribution in [2.45, 2.75) is 24.9 Å². The third kappa shape index (κ3) is 4.68. The first-order valence-corrected chi connectivity index (χ1v) is 10.6. The number of aliphatic carboxylic acids is 1. The summed E-state index contributed by atoms with van der Waals surface area (Å²) in [4.78, 5) is 39.9. The summed E-state index contributed by atoms with van der Waals surface area (Å²) in [5, 5.41) is 14.1. The largest absolute Gasteiger partial charge is 0.480 e. The van der Waals surface area contributed by atoms with Crippen molar-refractivity contribution in [1.29, 1.82) is 0 Å². The molecular formula is C25H23N3O6. The number of ether oxygens (including phenoxy) is 1. The van der Waals surface area contributed by atoms with Gasteiger partial charge in [0, 0.05) is 5.92 Å². The molecule has 0 fully saturated rings. The number of nitrogens with one attached hydrogen (secondary N) is 2. The van der Waals surface area contributed by atoms with Gasteiger partial charge in [0.2, 0.25) is 0 Å². The molecular weight excluding hydrogens is 438 g/mol. The van der Waals surface area contributed by atoms with Gasteiger partial charge >= 0.3 is 12.1 Å². The summed E-state index contributed by atoms with van der Waals surface area (Å²) in [6, 6.07) is 14.9. The van der Waals surface area contributed by atoms with Gasteiger partial charge in [-0.15, -0.1) is 6.58 Å². The van der Waals surface area contributed by atoms with Gasteiger partial charge in [0.1, 0.15) is 12.6 Å². The lowest BCUT2D eigenvalue weighted by Crippen LogP contribution is -2.41. The molecule has 2 aromatic carbocycles. The third-order valence-corrected chi connectivity index (χ3v) is 5.60. The molecule has 1 aliphatic carbocycles. The van der Waals surface area contributed by atoms with Crippen LogP contribution in [0.1, 0.15) is 39.7 Å². The minimum absolute atomic E-state index is 0.0479. The minimum Gasteiger partial charge on any atom is -0.480 e. The van der Waals surface area contributed by atoms with E-state index in [1.54, 1.807) is 0 Å². The molecule has 1 atom stereocenters. The Balaban J connectivity index is 1.35. The Kier molecular flexibility index (Phi) is 6.72. The van der Waals surface area contributed by atoms with Crippen molar-refractivity contribution in [2.75, 3.05) is 6.61 Å². The van der Waals surface area contributed by atoms with Crippen LogP contribution in [0.4, 0.5) is 4.79 Å². The zero-order valence-corrected chi connectivity index (χ0v) is 18.2. The highest BCUT2D eigenvalue weighted by molar-refractivity contribution is 5.95. The number of carbonyl (C=O) groups excluding carboxylic acids is 2. The number of rotatable bonds is 9. The summed E-state index contributed by atoms with van der Waals surface area (Å²) >= 11 is 0. The predicted molar refractivity (Wildman–Crippen MR) is 122 cm³/mol. The molecule has 4 rings (SSSR count). The van der Waals surface area contributed by atoms with Crippen LogP contribution in [0.25, 0.3) is 11.1 Å². The number of aromatic nitrogens is 1. The van der Waals surface area contributed by atoms with E-state index in [1.807, 2.05) is 36.4 Å². The van der Waals surface area contributed by atoms with Crippen LogP contribution in [0.15, 0.2) is 72.0 Å². The topological polar surface area (TPSA) is 131 Å². The molecule has 1 aromatic heterocycles. The molecule has 9 heteroatoms. The number of carboxylic acid groups (broad SMARTS) is 1. The maximum atomic E-state index is 12.4. The number of hydrogen-bond donors (Lipinski definition) is 3. The second kappa shape index (κ2) is 10.0. The molecule has 34 heavy (non-hydrogen) atoms. The second-order valence-corrected chi connectivity index (χ2v) is 7.69. The number of hydrogen-bond acceptors (Lipinski definition) is 6. The zero-order chi connectivity index (χ0) is 24.1. The van der Waals surface area contributed by atoms with Crippen molar-refractivity contribution in [3.05, 3.63) is 90.2 Å². The normalized spacial score (nSPS) is 12.8. The fourth-order valence-electron chi connectivity index (χ4n) is 4.00. The van der Waals surface area contributed by atoms with E-state index in [0.717, 1.165) is 28.6 Å². The first-order valence-electron chi connectivity index (χ1n) is 10.6. The molecule has 0 bridgehead atoms. The van der Waals surface area contributed by atoms with E-state index in [2.05, 4.69) is 34.3 Å². The molecule has 174 valence electrons. The maximum absolute atomic E-state index is 12.4. The van der Waals surface area contributed by atoms with Crippen molar-refractivity contribution in [3.63, 3.8) is 0 Å². The number of carbonyl (C=O) groups is 3. The van der Waals surface area contributed by atoms with Crippen molar-refractivity contribution >= 4 is 18.0 Å². The fraction of sp³-hybridized carbons (Fsp3) is 0.200. The van der Waals surface area contributed by atoms with Gasteiger partial charge in [0.15, 0.2) is 17.8 Å². The standard InChI is InChI=1S/C25H23N3O6/c1-2-7-20(24(30)31)28-23(29)22-21(34-14-27-22)12-26-25(32)33-13-19-17-10-5-3-8-15(17)16-9-4-6-11-18(16)19/h2-6,8-11,14,19-20H,1,7,12-13H2,(H,26,32)(H,28,29)(H,30,31). The van der Waals surface area contributed by atoms with Crippen LogP contribution in [-0.4, -0.2) is 40.7 Å². The number of carboxylic acids is 1. The summed E-state index contributed by atoms with van der Waals surface area (Å²) in [6.45, 7) is 3.47. The lowest BCUT2D eigenvalue weighted by molar-refractivity contribution is -0.139. The summed E-state index contributed by atoms with van der Waals surface area (Å²) in [5.41, 5.74) is 4.33. The Bertz CT molecular complexity index is 1190. The Hall–Kier alpha value is -4.40. The smallest absolute Gasteiger partial charge is 0.407 e. The molecule has 0 saturated carbocycles. The number of nitrogens with zero attached hydrogens (tertiary/aromatic N) is 1. The number of benzene rings is 2. The van der Waals surface area contributed by atoms with Crippen LogP contribution in [0.3, 0.4) is 0 Å². The fourth-order valence-corrected chi connectivity index (χ4v) is 4.00. The molecule has 9 nitrogen and oxygen atoms in total. The van der Waals surface area contributed by atoms with E-state index in [4.69, 9.17) is 9.15 Å². The Morgan fingerprint density at radius 3 is 2.38 bits per heavy atom. The lowest BCUT2D eigenvalue weighted by atomic mass is 9.98. The third-order valence-electron chi connectivity index (χ3n) is 5.60. The molecule has 1 unspecified atom stereocenters. The number of oxazole rings is 1. The average Bonchev–Trinajstić information content (AvgIpc) is 3.44. The highest BCUT2D eigenvalue weighted by atomic mass is 16.5. The molecule has 0 spiro atoms. The average molecular weight is 461 g/mol. The summed E-state index contributed by atoms with van der Waals surface area (Å²) in [5.74, 6) is -1.93. The first-order chi connectivity index (χ1) is 16.5. The van der Waals surface area contributed by atoms with Crippen molar-refractivity contribution in [1.82, 2.24) is 15.6 Å². The maximum Gasteiger partial charge on any atom is 0.407 e. The van der Waals surface area contributed by atoms with Gasteiger partial charge in [-0.25, -0.2) is 14.6 Å². The molecule has 0 aliphatic heterocycles. The van der Waals surface area contributed by atoms with Crippen LogP contribution >= 0.6 is 0 Å². The van der Waals surface area contributed by atoms with Gasteiger partial charge in [-0.3, -0.25) is 4.79 Å². The van der Waals surface area contributed by atoms with Gasteiger partial charge in [-0.05, 0) is 28.7 Å². The van der Waals surface area contributed by atoms with Gasteiger partial charge < -0.3 is 24.9 Å². The van der Waals surface area contributed by atoms with Crippen LogP contribution in [0.5, 0.6) is 0 Å². The highest BCUT2D eigenvalue weighted by Crippen LogP contribution is 2.44.